The predicted molar refractivity (Wildman–Crippen MR) is 92.3 cm³/mol. The number of nitrogens with one attached hydrogen (secondary N) is 2. The zero-order chi connectivity index (χ0) is 18.7. The summed E-state index contributed by atoms with van der Waals surface area (Å²) in [4.78, 5) is 14.9. The second-order valence-corrected chi connectivity index (χ2v) is 5.74. The van der Waals surface area contributed by atoms with Crippen LogP contribution in [0.2, 0.25) is 0 Å². The Hall–Kier alpha value is -3.35. The lowest BCUT2D eigenvalue weighted by molar-refractivity contribution is 0.102. The molecule has 134 valence electrons. The zero-order valence-electron chi connectivity index (χ0n) is 13.6. The summed E-state index contributed by atoms with van der Waals surface area (Å²) in [7, 11) is 0. The van der Waals surface area contributed by atoms with Crippen molar-refractivity contribution < 1.29 is 23.8 Å². The van der Waals surface area contributed by atoms with Gasteiger partial charge in [0.1, 0.15) is 5.56 Å². The summed E-state index contributed by atoms with van der Waals surface area (Å²) in [6, 6.07) is 12.4. The Morgan fingerprint density at radius 2 is 1.73 bits per heavy atom. The van der Waals surface area contributed by atoms with Gasteiger partial charge in [-0.3, -0.25) is 4.79 Å². The minimum atomic E-state index is -1.12. The number of rotatable bonds is 5. The Kier molecular flexibility index (Phi) is 4.88. The summed E-state index contributed by atoms with van der Waals surface area (Å²) in [5.74, 6) is -3.87. The summed E-state index contributed by atoms with van der Waals surface area (Å²) in [5.41, 5.74) is 0.994. The van der Waals surface area contributed by atoms with E-state index in [1.54, 1.807) is 0 Å². The van der Waals surface area contributed by atoms with Gasteiger partial charge < -0.3 is 20.5 Å². The van der Waals surface area contributed by atoms with Crippen LogP contribution in [0.1, 0.15) is 21.6 Å². The minimum absolute atomic E-state index is 0.000245. The van der Waals surface area contributed by atoms with E-state index >= 15 is 0 Å². The van der Waals surface area contributed by atoms with E-state index in [-0.39, 0.29) is 17.0 Å². The van der Waals surface area contributed by atoms with Gasteiger partial charge >= 0.3 is 0 Å². The van der Waals surface area contributed by atoms with Crippen molar-refractivity contribution >= 4 is 11.6 Å². The molecule has 0 saturated heterocycles. The predicted octanol–water partition coefficient (Wildman–Crippen LogP) is 3.74. The van der Waals surface area contributed by atoms with Crippen LogP contribution >= 0.6 is 0 Å². The van der Waals surface area contributed by atoms with Crippen LogP contribution in [0.25, 0.3) is 0 Å². The van der Waals surface area contributed by atoms with Crippen LogP contribution < -0.4 is 5.32 Å². The number of carbonyl (C=O) groups excluding carboxylic acids is 1. The topological polar surface area (TPSA) is 85.4 Å². The van der Waals surface area contributed by atoms with Gasteiger partial charge in [0.15, 0.2) is 17.4 Å². The van der Waals surface area contributed by atoms with Gasteiger partial charge in [0, 0.05) is 11.8 Å². The number of aromatic nitrogens is 1. The van der Waals surface area contributed by atoms with Gasteiger partial charge in [-0.1, -0.05) is 30.3 Å². The van der Waals surface area contributed by atoms with Crippen molar-refractivity contribution in [1.82, 2.24) is 4.98 Å². The first-order valence-corrected chi connectivity index (χ1v) is 7.89. The van der Waals surface area contributed by atoms with Gasteiger partial charge in [-0.2, -0.15) is 0 Å². The fraction of sp³-hybridized carbons (Fsp3) is 0.105. The molecule has 0 fully saturated rings. The lowest BCUT2D eigenvalue weighted by atomic mass is 10.1. The largest absolute Gasteiger partial charge is 0.505 e. The monoisotopic (exact) mass is 358 g/mol. The first-order valence-electron chi connectivity index (χ1n) is 7.89. The van der Waals surface area contributed by atoms with Crippen LogP contribution in [0.4, 0.5) is 14.5 Å². The fourth-order valence-electron chi connectivity index (χ4n) is 2.61. The number of aromatic amines is 1. The summed E-state index contributed by atoms with van der Waals surface area (Å²) < 4.78 is 26.2. The lowest BCUT2D eigenvalue weighted by Crippen LogP contribution is -2.12. The average Bonchev–Trinajstić information content (AvgIpc) is 2.91. The second-order valence-electron chi connectivity index (χ2n) is 5.74. The quantitative estimate of drug-likeness (QED) is 0.560. The molecule has 0 aliphatic rings. The zero-order valence-corrected chi connectivity index (χ0v) is 13.6. The van der Waals surface area contributed by atoms with E-state index in [9.17, 15) is 23.8 Å². The third-order valence-corrected chi connectivity index (χ3v) is 3.94. The number of aryl methyl sites for hydroxylation is 2. The average molecular weight is 358 g/mol. The van der Waals surface area contributed by atoms with Crippen LogP contribution in [0.5, 0.6) is 11.6 Å². The molecule has 0 atom stereocenters. The van der Waals surface area contributed by atoms with E-state index in [4.69, 9.17) is 0 Å². The summed E-state index contributed by atoms with van der Waals surface area (Å²) >= 11 is 0. The molecule has 5 nitrogen and oxygen atoms in total. The van der Waals surface area contributed by atoms with Gasteiger partial charge in [0.2, 0.25) is 5.88 Å². The van der Waals surface area contributed by atoms with Crippen molar-refractivity contribution in [3.63, 3.8) is 0 Å². The van der Waals surface area contributed by atoms with Gasteiger partial charge in [-0.25, -0.2) is 8.78 Å². The number of benzene rings is 2. The van der Waals surface area contributed by atoms with Crippen LogP contribution in [0.3, 0.4) is 0 Å². The maximum atomic E-state index is 13.2. The van der Waals surface area contributed by atoms with E-state index in [1.165, 1.54) is 6.07 Å². The molecule has 7 heteroatoms. The van der Waals surface area contributed by atoms with Crippen LogP contribution in [-0.4, -0.2) is 21.1 Å². The number of anilines is 1. The van der Waals surface area contributed by atoms with E-state index in [0.717, 1.165) is 17.7 Å². The van der Waals surface area contributed by atoms with Gasteiger partial charge in [-0.15, -0.1) is 0 Å². The molecule has 1 heterocycles. The minimum Gasteiger partial charge on any atom is -0.505 e. The Labute approximate surface area is 147 Å². The highest BCUT2D eigenvalue weighted by molar-refractivity contribution is 6.08. The number of hydrogen-bond donors (Lipinski definition) is 4. The standard InChI is InChI=1S/C19H16F2N2O3/c20-13-8-7-12(10-14(13)21)22-18(25)16-17(24)15(23-19(16)26)9-6-11-4-2-1-3-5-11/h1-5,7-8,10,23-24,26H,6,9H2,(H,22,25). The third kappa shape index (κ3) is 3.66. The van der Waals surface area contributed by atoms with Crippen molar-refractivity contribution in [2.75, 3.05) is 5.32 Å². The van der Waals surface area contributed by atoms with Crippen molar-refractivity contribution in [2.24, 2.45) is 0 Å². The van der Waals surface area contributed by atoms with E-state index in [2.05, 4.69) is 10.3 Å². The van der Waals surface area contributed by atoms with Crippen molar-refractivity contribution in [3.05, 3.63) is 77.0 Å². The molecular weight excluding hydrogens is 342 g/mol. The third-order valence-electron chi connectivity index (χ3n) is 3.94. The molecule has 1 aromatic heterocycles. The molecule has 3 rings (SSSR count). The van der Waals surface area contributed by atoms with E-state index < -0.39 is 23.4 Å². The maximum Gasteiger partial charge on any atom is 0.264 e. The molecule has 0 aliphatic heterocycles. The number of hydrogen-bond acceptors (Lipinski definition) is 3. The summed E-state index contributed by atoms with van der Waals surface area (Å²) in [6.07, 6.45) is 0.973. The Balaban J connectivity index is 1.76. The van der Waals surface area contributed by atoms with Gasteiger partial charge in [0.05, 0.1) is 5.69 Å². The smallest absolute Gasteiger partial charge is 0.264 e. The van der Waals surface area contributed by atoms with Crippen LogP contribution in [0, 0.1) is 11.6 Å². The Morgan fingerprint density at radius 1 is 1.00 bits per heavy atom. The normalized spacial score (nSPS) is 10.7. The number of halogens is 2. The molecule has 3 aromatic rings. The van der Waals surface area contributed by atoms with Crippen LogP contribution in [0.15, 0.2) is 48.5 Å². The highest BCUT2D eigenvalue weighted by Gasteiger charge is 2.23. The molecule has 2 aromatic carbocycles. The van der Waals surface area contributed by atoms with Gasteiger partial charge in [0.25, 0.3) is 5.91 Å². The molecule has 0 radical (unpaired) electrons. The Bertz CT molecular complexity index is 939. The van der Waals surface area contributed by atoms with E-state index in [1.807, 2.05) is 30.3 Å². The fourth-order valence-corrected chi connectivity index (χ4v) is 2.61. The number of H-pyrrole nitrogens is 1. The summed E-state index contributed by atoms with van der Waals surface area (Å²) in [6.45, 7) is 0. The first-order chi connectivity index (χ1) is 12.5. The molecule has 0 unspecified atom stereocenters. The molecular formula is C19H16F2N2O3. The molecule has 0 aliphatic carbocycles. The highest BCUT2D eigenvalue weighted by Crippen LogP contribution is 2.32. The molecule has 4 N–H and O–H groups in total. The van der Waals surface area contributed by atoms with Crippen LogP contribution in [-0.2, 0) is 12.8 Å². The number of carbonyl (C=O) groups is 1. The molecule has 1 amide bonds. The molecule has 26 heavy (non-hydrogen) atoms. The molecule has 0 spiro atoms. The van der Waals surface area contributed by atoms with Crippen molar-refractivity contribution in [3.8, 4) is 11.6 Å². The summed E-state index contributed by atoms with van der Waals surface area (Å²) in [5, 5.41) is 22.5. The lowest BCUT2D eigenvalue weighted by Gasteiger charge is -2.05. The van der Waals surface area contributed by atoms with Crippen molar-refractivity contribution in [2.45, 2.75) is 12.8 Å². The maximum absolute atomic E-state index is 13.2. The highest BCUT2D eigenvalue weighted by atomic mass is 19.2. The molecule has 0 bridgehead atoms. The number of aromatic hydroxyl groups is 2. The van der Waals surface area contributed by atoms with Gasteiger partial charge in [-0.05, 0) is 30.5 Å². The molecule has 0 saturated carbocycles. The Morgan fingerprint density at radius 3 is 2.42 bits per heavy atom. The van der Waals surface area contributed by atoms with Crippen molar-refractivity contribution in [1.29, 1.82) is 0 Å². The SMILES string of the molecule is O=C(Nc1ccc(F)c(F)c1)c1c(O)[nH]c(CCc2ccccc2)c1O. The first kappa shape index (κ1) is 17.5. The van der Waals surface area contributed by atoms with E-state index in [0.29, 0.717) is 18.5 Å². The second kappa shape index (κ2) is 7.26. The number of amides is 1.